The second-order valence-corrected chi connectivity index (χ2v) is 4.69. The zero-order valence-electron chi connectivity index (χ0n) is 13.2. The molecule has 0 aliphatic rings. The molecule has 23 heavy (non-hydrogen) atoms. The normalized spacial score (nSPS) is 10.2. The first kappa shape index (κ1) is 16.7. The van der Waals surface area contributed by atoms with Crippen LogP contribution in [0, 0.1) is 0 Å². The van der Waals surface area contributed by atoms with E-state index >= 15 is 0 Å². The van der Waals surface area contributed by atoms with E-state index in [1.165, 1.54) is 6.20 Å². The highest BCUT2D eigenvalue weighted by Gasteiger charge is 2.09. The van der Waals surface area contributed by atoms with E-state index in [-0.39, 0.29) is 5.91 Å². The molecule has 0 aliphatic heterocycles. The van der Waals surface area contributed by atoms with Crippen molar-refractivity contribution < 1.29 is 14.3 Å². The number of methoxy groups -OCH3 is 2. The summed E-state index contributed by atoms with van der Waals surface area (Å²) < 4.78 is 10.2. The van der Waals surface area contributed by atoms with Crippen LogP contribution < -0.4 is 15.4 Å². The number of nitrogens with zero attached hydrogens (tertiary/aromatic N) is 2. The first-order valence-corrected chi connectivity index (χ1v) is 7.25. The first-order chi connectivity index (χ1) is 11.2. The zero-order valence-corrected chi connectivity index (χ0v) is 13.2. The lowest BCUT2D eigenvalue weighted by Crippen LogP contribution is -2.26. The fraction of sp³-hybridized carbons (Fsp3) is 0.312. The van der Waals surface area contributed by atoms with Crippen molar-refractivity contribution in [1.82, 2.24) is 15.3 Å². The molecule has 1 amide bonds. The van der Waals surface area contributed by atoms with Crippen molar-refractivity contribution >= 4 is 17.5 Å². The quantitative estimate of drug-likeness (QED) is 0.725. The highest BCUT2D eigenvalue weighted by atomic mass is 16.5. The molecule has 0 unspecified atom stereocenters. The number of anilines is 2. The van der Waals surface area contributed by atoms with E-state index < -0.39 is 0 Å². The Morgan fingerprint density at radius 3 is 2.83 bits per heavy atom. The number of hydrogen-bond donors (Lipinski definition) is 2. The molecule has 0 aliphatic carbocycles. The summed E-state index contributed by atoms with van der Waals surface area (Å²) in [4.78, 5) is 20.4. The van der Waals surface area contributed by atoms with E-state index in [2.05, 4.69) is 20.6 Å². The molecule has 0 saturated carbocycles. The van der Waals surface area contributed by atoms with Gasteiger partial charge < -0.3 is 20.1 Å². The van der Waals surface area contributed by atoms with Crippen LogP contribution in [0.1, 0.15) is 16.9 Å². The van der Waals surface area contributed by atoms with Crippen molar-refractivity contribution in [3.05, 3.63) is 42.2 Å². The van der Waals surface area contributed by atoms with Crippen molar-refractivity contribution in [2.45, 2.75) is 6.42 Å². The number of nitrogens with one attached hydrogen (secondary N) is 2. The maximum absolute atomic E-state index is 12.0. The van der Waals surface area contributed by atoms with E-state index in [0.29, 0.717) is 30.5 Å². The molecular weight excluding hydrogens is 296 g/mol. The molecule has 0 saturated heterocycles. The fourth-order valence-electron chi connectivity index (χ4n) is 1.92. The van der Waals surface area contributed by atoms with Crippen LogP contribution in [0.5, 0.6) is 5.75 Å². The van der Waals surface area contributed by atoms with Crippen LogP contribution in [0.3, 0.4) is 0 Å². The van der Waals surface area contributed by atoms with Crippen LogP contribution in [0.4, 0.5) is 11.6 Å². The van der Waals surface area contributed by atoms with Gasteiger partial charge in [-0.3, -0.25) is 4.79 Å². The van der Waals surface area contributed by atoms with E-state index in [1.807, 2.05) is 24.3 Å². The minimum atomic E-state index is -0.244. The summed E-state index contributed by atoms with van der Waals surface area (Å²) in [6.07, 6.45) is 2.29. The smallest absolute Gasteiger partial charge is 0.270 e. The molecule has 122 valence electrons. The summed E-state index contributed by atoms with van der Waals surface area (Å²) in [6.45, 7) is 1.14. The largest absolute Gasteiger partial charge is 0.495 e. The summed E-state index contributed by atoms with van der Waals surface area (Å²) in [5.74, 6) is 0.760. The second-order valence-electron chi connectivity index (χ2n) is 4.69. The fourth-order valence-corrected chi connectivity index (χ4v) is 1.92. The molecule has 0 fully saturated rings. The van der Waals surface area contributed by atoms with Crippen molar-refractivity contribution in [2.75, 3.05) is 32.7 Å². The number of aromatic nitrogens is 2. The van der Waals surface area contributed by atoms with E-state index in [1.54, 1.807) is 20.3 Å². The summed E-state index contributed by atoms with van der Waals surface area (Å²) in [5.41, 5.74) is 1.03. The molecule has 0 bridgehead atoms. The molecular formula is C16H20N4O3. The van der Waals surface area contributed by atoms with Gasteiger partial charge in [-0.15, -0.1) is 0 Å². The molecule has 1 heterocycles. The Hall–Kier alpha value is -2.67. The lowest BCUT2D eigenvalue weighted by atomic mass is 10.3. The molecule has 2 rings (SSSR count). The molecule has 2 N–H and O–H groups in total. The van der Waals surface area contributed by atoms with Gasteiger partial charge in [-0.2, -0.15) is 0 Å². The van der Waals surface area contributed by atoms with Crippen LogP contribution in [0.15, 0.2) is 36.5 Å². The van der Waals surface area contributed by atoms with Crippen LogP contribution in [0.25, 0.3) is 0 Å². The van der Waals surface area contributed by atoms with Gasteiger partial charge in [0, 0.05) is 26.5 Å². The average Bonchev–Trinajstić information content (AvgIpc) is 2.59. The maximum Gasteiger partial charge on any atom is 0.270 e. The summed E-state index contributed by atoms with van der Waals surface area (Å²) in [6, 6.07) is 8.99. The van der Waals surface area contributed by atoms with Gasteiger partial charge in [0.25, 0.3) is 5.91 Å². The minimum absolute atomic E-state index is 0.244. The number of amides is 1. The Bertz CT molecular complexity index is 649. The third-order valence-corrected chi connectivity index (χ3v) is 3.05. The monoisotopic (exact) mass is 316 g/mol. The highest BCUT2D eigenvalue weighted by molar-refractivity contribution is 5.92. The zero-order chi connectivity index (χ0) is 16.5. The number of para-hydroxylation sites is 2. The Balaban J connectivity index is 2.03. The number of ether oxygens (including phenoxy) is 2. The van der Waals surface area contributed by atoms with Gasteiger partial charge in [-0.25, -0.2) is 9.97 Å². The van der Waals surface area contributed by atoms with E-state index in [0.717, 1.165) is 12.1 Å². The summed E-state index contributed by atoms with van der Waals surface area (Å²) in [7, 11) is 3.22. The van der Waals surface area contributed by atoms with Gasteiger partial charge in [0.1, 0.15) is 11.4 Å². The lowest BCUT2D eigenvalue weighted by molar-refractivity contribution is 0.0943. The molecule has 0 spiro atoms. The van der Waals surface area contributed by atoms with Gasteiger partial charge >= 0.3 is 0 Å². The molecule has 1 aromatic carbocycles. The Morgan fingerprint density at radius 1 is 1.22 bits per heavy atom. The molecule has 0 atom stereocenters. The number of carbonyl (C=O) groups is 1. The number of benzene rings is 1. The predicted octanol–water partition coefficient (Wildman–Crippen LogP) is 2.00. The molecule has 7 nitrogen and oxygen atoms in total. The predicted molar refractivity (Wildman–Crippen MR) is 87.1 cm³/mol. The topological polar surface area (TPSA) is 85.4 Å². The second kappa shape index (κ2) is 8.70. The Morgan fingerprint density at radius 2 is 2.04 bits per heavy atom. The summed E-state index contributed by atoms with van der Waals surface area (Å²) in [5, 5.41) is 5.83. The SMILES string of the molecule is COCCCNC(=O)c1ccnc(Nc2ccccc2OC)n1. The van der Waals surface area contributed by atoms with Gasteiger partial charge in [0.2, 0.25) is 5.95 Å². The molecule has 7 heteroatoms. The number of rotatable bonds is 8. The van der Waals surface area contributed by atoms with Crippen molar-refractivity contribution in [3.63, 3.8) is 0 Å². The minimum Gasteiger partial charge on any atom is -0.495 e. The third kappa shape index (κ3) is 4.93. The molecule has 1 aromatic heterocycles. The van der Waals surface area contributed by atoms with Crippen LogP contribution in [0.2, 0.25) is 0 Å². The standard InChI is InChI=1S/C16H20N4O3/c1-22-11-5-9-17-15(21)13-8-10-18-16(20-13)19-12-6-3-4-7-14(12)23-2/h3-4,6-8,10H,5,9,11H2,1-2H3,(H,17,21)(H,18,19,20). The van der Waals surface area contributed by atoms with Gasteiger partial charge in [-0.05, 0) is 24.6 Å². The molecule has 0 radical (unpaired) electrons. The van der Waals surface area contributed by atoms with Crippen LogP contribution in [-0.4, -0.2) is 43.2 Å². The molecule has 2 aromatic rings. The van der Waals surface area contributed by atoms with E-state index in [9.17, 15) is 4.79 Å². The van der Waals surface area contributed by atoms with E-state index in [4.69, 9.17) is 9.47 Å². The third-order valence-electron chi connectivity index (χ3n) is 3.05. The van der Waals surface area contributed by atoms with Gasteiger partial charge in [-0.1, -0.05) is 12.1 Å². The van der Waals surface area contributed by atoms with Crippen LogP contribution >= 0.6 is 0 Å². The number of hydrogen-bond acceptors (Lipinski definition) is 6. The maximum atomic E-state index is 12.0. The van der Waals surface area contributed by atoms with Crippen molar-refractivity contribution in [3.8, 4) is 5.75 Å². The van der Waals surface area contributed by atoms with Crippen molar-refractivity contribution in [2.24, 2.45) is 0 Å². The highest BCUT2D eigenvalue weighted by Crippen LogP contribution is 2.25. The average molecular weight is 316 g/mol. The number of carbonyl (C=O) groups excluding carboxylic acids is 1. The lowest BCUT2D eigenvalue weighted by Gasteiger charge is -2.10. The van der Waals surface area contributed by atoms with Gasteiger partial charge in [0.15, 0.2) is 0 Å². The van der Waals surface area contributed by atoms with Gasteiger partial charge in [0.05, 0.1) is 12.8 Å². The van der Waals surface area contributed by atoms with Crippen molar-refractivity contribution in [1.29, 1.82) is 0 Å². The summed E-state index contributed by atoms with van der Waals surface area (Å²) >= 11 is 0. The Kier molecular flexibility index (Phi) is 6.31. The first-order valence-electron chi connectivity index (χ1n) is 7.25. The Labute approximate surface area is 135 Å². The van der Waals surface area contributed by atoms with Crippen LogP contribution in [-0.2, 0) is 4.74 Å².